The molecule has 0 saturated carbocycles. The fourth-order valence-corrected chi connectivity index (χ4v) is 4.35. The molecule has 1 aromatic carbocycles. The standard InChI is InChI=1S/C18H24IN2O5P/c1-6-24-27(5,23)14(17(22)25-18(2,3)4)11-15-20-16(21-26-15)12-7-9-13(19)10-8-12/h7-10,14H,6,11H2,1-5H3. The van der Waals surface area contributed by atoms with Crippen LogP contribution in [0.3, 0.4) is 0 Å². The van der Waals surface area contributed by atoms with Crippen molar-refractivity contribution >= 4 is 35.9 Å². The number of hydrogen-bond donors (Lipinski definition) is 0. The summed E-state index contributed by atoms with van der Waals surface area (Å²) in [4.78, 5) is 17.0. The number of carbonyl (C=O) groups is 1. The van der Waals surface area contributed by atoms with E-state index in [1.165, 1.54) is 6.66 Å². The number of hydrogen-bond acceptors (Lipinski definition) is 7. The second kappa shape index (κ2) is 8.84. The Kier molecular flexibility index (Phi) is 7.21. The smallest absolute Gasteiger partial charge is 0.319 e. The Morgan fingerprint density at radius 2 is 1.93 bits per heavy atom. The highest BCUT2D eigenvalue weighted by atomic mass is 127. The van der Waals surface area contributed by atoms with Gasteiger partial charge in [0.05, 0.1) is 6.61 Å². The van der Waals surface area contributed by atoms with Crippen molar-refractivity contribution in [3.05, 3.63) is 33.7 Å². The van der Waals surface area contributed by atoms with Crippen LogP contribution in [0.4, 0.5) is 0 Å². The molecule has 1 aromatic heterocycles. The fraction of sp³-hybridized carbons (Fsp3) is 0.500. The Hall–Kier alpha value is -1.25. The van der Waals surface area contributed by atoms with E-state index in [2.05, 4.69) is 32.7 Å². The van der Waals surface area contributed by atoms with E-state index in [0.29, 0.717) is 5.82 Å². The van der Waals surface area contributed by atoms with Crippen LogP contribution in [0.2, 0.25) is 0 Å². The Morgan fingerprint density at radius 1 is 1.30 bits per heavy atom. The molecular weight excluding hydrogens is 482 g/mol. The summed E-state index contributed by atoms with van der Waals surface area (Å²) >= 11 is 2.21. The number of carbonyl (C=O) groups excluding carboxylic acids is 1. The van der Waals surface area contributed by atoms with Gasteiger partial charge in [-0.25, -0.2) is 0 Å². The van der Waals surface area contributed by atoms with Crippen LogP contribution in [0.1, 0.15) is 33.6 Å². The molecule has 0 radical (unpaired) electrons. The van der Waals surface area contributed by atoms with Crippen LogP contribution in [-0.4, -0.2) is 40.6 Å². The lowest BCUT2D eigenvalue weighted by atomic mass is 10.2. The van der Waals surface area contributed by atoms with Crippen LogP contribution in [0.15, 0.2) is 28.8 Å². The van der Waals surface area contributed by atoms with Crippen LogP contribution in [0.25, 0.3) is 11.4 Å². The SMILES string of the molecule is CCOP(C)(=O)C(Cc1nc(-c2ccc(I)cc2)no1)C(=O)OC(C)(C)C. The van der Waals surface area contributed by atoms with Gasteiger partial charge < -0.3 is 13.8 Å². The van der Waals surface area contributed by atoms with Crippen molar-refractivity contribution in [2.45, 2.75) is 45.4 Å². The zero-order chi connectivity index (χ0) is 20.2. The van der Waals surface area contributed by atoms with Crippen LogP contribution in [0.5, 0.6) is 0 Å². The molecule has 2 unspecified atom stereocenters. The molecule has 0 amide bonds. The Morgan fingerprint density at radius 3 is 2.48 bits per heavy atom. The van der Waals surface area contributed by atoms with Gasteiger partial charge >= 0.3 is 5.97 Å². The maximum atomic E-state index is 12.9. The van der Waals surface area contributed by atoms with Gasteiger partial charge in [-0.3, -0.25) is 9.36 Å². The Labute approximate surface area is 172 Å². The monoisotopic (exact) mass is 506 g/mol. The molecule has 0 fully saturated rings. The van der Waals surface area contributed by atoms with E-state index in [1.54, 1.807) is 27.7 Å². The lowest BCUT2D eigenvalue weighted by Crippen LogP contribution is -2.33. The maximum absolute atomic E-state index is 12.9. The lowest BCUT2D eigenvalue weighted by molar-refractivity contribution is -0.154. The number of halogens is 1. The highest BCUT2D eigenvalue weighted by Crippen LogP contribution is 2.50. The van der Waals surface area contributed by atoms with Gasteiger partial charge in [-0.15, -0.1) is 0 Å². The summed E-state index contributed by atoms with van der Waals surface area (Å²) in [6.45, 7) is 8.65. The van der Waals surface area contributed by atoms with Crippen molar-refractivity contribution in [2.75, 3.05) is 13.3 Å². The van der Waals surface area contributed by atoms with Gasteiger partial charge in [-0.05, 0) is 62.4 Å². The zero-order valence-corrected chi connectivity index (χ0v) is 19.1. The van der Waals surface area contributed by atoms with Crippen LogP contribution in [0, 0.1) is 3.57 Å². The van der Waals surface area contributed by atoms with E-state index in [0.717, 1.165) is 9.13 Å². The predicted octanol–water partition coefficient (Wildman–Crippen LogP) is 4.54. The molecule has 0 aliphatic heterocycles. The minimum atomic E-state index is -3.28. The first-order valence-corrected chi connectivity index (χ1v) is 11.8. The largest absolute Gasteiger partial charge is 0.459 e. The summed E-state index contributed by atoms with van der Waals surface area (Å²) in [6.07, 6.45) is -0.0138. The molecule has 2 atom stereocenters. The van der Waals surface area contributed by atoms with Crippen LogP contribution in [-0.2, 0) is 25.0 Å². The summed E-state index contributed by atoms with van der Waals surface area (Å²) in [6, 6.07) is 7.63. The summed E-state index contributed by atoms with van der Waals surface area (Å²) in [7, 11) is -3.28. The number of rotatable bonds is 7. The molecule has 0 spiro atoms. The molecule has 2 rings (SSSR count). The second-order valence-electron chi connectivity index (χ2n) is 7.10. The Bertz CT molecular complexity index is 829. The predicted molar refractivity (Wildman–Crippen MR) is 111 cm³/mol. The minimum absolute atomic E-state index is 0.0138. The molecule has 7 nitrogen and oxygen atoms in total. The molecule has 1 heterocycles. The van der Waals surface area contributed by atoms with E-state index >= 15 is 0 Å². The number of esters is 1. The second-order valence-corrected chi connectivity index (χ2v) is 11.0. The number of nitrogens with zero attached hydrogens (tertiary/aromatic N) is 2. The molecule has 9 heteroatoms. The number of ether oxygens (including phenoxy) is 1. The average molecular weight is 506 g/mol. The average Bonchev–Trinajstić information content (AvgIpc) is 3.00. The highest BCUT2D eigenvalue weighted by molar-refractivity contribution is 14.1. The van der Waals surface area contributed by atoms with Gasteiger partial charge in [0.1, 0.15) is 11.3 Å². The molecule has 2 aromatic rings. The van der Waals surface area contributed by atoms with E-state index in [9.17, 15) is 9.36 Å². The summed E-state index contributed by atoms with van der Waals surface area (Å²) < 4.78 is 30.1. The van der Waals surface area contributed by atoms with Gasteiger partial charge in [0.2, 0.25) is 19.1 Å². The molecule has 148 valence electrons. The van der Waals surface area contributed by atoms with Crippen molar-refractivity contribution in [2.24, 2.45) is 0 Å². The minimum Gasteiger partial charge on any atom is -0.459 e. The van der Waals surface area contributed by atoms with Crippen molar-refractivity contribution in [3.63, 3.8) is 0 Å². The van der Waals surface area contributed by atoms with Crippen molar-refractivity contribution < 1.29 is 23.1 Å². The number of aromatic nitrogens is 2. The molecule has 0 bridgehead atoms. The fourth-order valence-electron chi connectivity index (χ4n) is 2.38. The topological polar surface area (TPSA) is 91.5 Å². The van der Waals surface area contributed by atoms with Crippen molar-refractivity contribution in [1.29, 1.82) is 0 Å². The first-order chi connectivity index (χ1) is 12.5. The molecule has 0 aliphatic carbocycles. The first kappa shape index (κ1) is 22.0. The molecule has 0 saturated heterocycles. The Balaban J connectivity index is 2.26. The highest BCUT2D eigenvalue weighted by Gasteiger charge is 2.40. The van der Waals surface area contributed by atoms with E-state index < -0.39 is 24.6 Å². The molecule has 0 N–H and O–H groups in total. The van der Waals surface area contributed by atoms with E-state index in [1.807, 2.05) is 24.3 Å². The number of benzene rings is 1. The van der Waals surface area contributed by atoms with Crippen LogP contribution < -0.4 is 0 Å². The summed E-state index contributed by atoms with van der Waals surface area (Å²) in [5.41, 5.74) is -0.923. The van der Waals surface area contributed by atoms with E-state index in [4.69, 9.17) is 13.8 Å². The normalized spacial score (nSPS) is 15.2. The van der Waals surface area contributed by atoms with Gasteiger partial charge in [-0.2, -0.15) is 4.98 Å². The van der Waals surface area contributed by atoms with Gasteiger partial charge in [0.25, 0.3) is 0 Å². The van der Waals surface area contributed by atoms with Gasteiger partial charge in [0.15, 0.2) is 0 Å². The quantitative estimate of drug-likeness (QED) is 0.310. The third kappa shape index (κ3) is 6.40. The molecule has 0 aliphatic rings. The first-order valence-electron chi connectivity index (χ1n) is 8.55. The third-order valence-electron chi connectivity index (χ3n) is 3.57. The van der Waals surface area contributed by atoms with Crippen LogP contribution >= 0.6 is 30.0 Å². The zero-order valence-electron chi connectivity index (χ0n) is 16.1. The van der Waals surface area contributed by atoms with Gasteiger partial charge in [0, 0.05) is 22.2 Å². The van der Waals surface area contributed by atoms with Crippen molar-refractivity contribution in [1.82, 2.24) is 10.1 Å². The summed E-state index contributed by atoms with van der Waals surface area (Å²) in [5, 5.41) is 3.96. The molecule has 27 heavy (non-hydrogen) atoms. The summed E-state index contributed by atoms with van der Waals surface area (Å²) in [5.74, 6) is 0.0173. The third-order valence-corrected chi connectivity index (χ3v) is 6.58. The van der Waals surface area contributed by atoms with Crippen molar-refractivity contribution in [3.8, 4) is 11.4 Å². The molecular formula is C18H24IN2O5P. The van der Waals surface area contributed by atoms with Gasteiger partial charge in [-0.1, -0.05) is 17.3 Å². The lowest BCUT2D eigenvalue weighted by Gasteiger charge is -2.26. The maximum Gasteiger partial charge on any atom is 0.319 e. The van der Waals surface area contributed by atoms with E-state index in [-0.39, 0.29) is 18.9 Å².